The van der Waals surface area contributed by atoms with Gasteiger partial charge in [0.05, 0.1) is 23.0 Å². The Bertz CT molecular complexity index is 1580. The highest BCUT2D eigenvalue weighted by atomic mass is 35.5. The number of nitrogens with one attached hydrogen (secondary N) is 1. The topological polar surface area (TPSA) is 177 Å². The van der Waals surface area contributed by atoms with Crippen LogP contribution in [0.3, 0.4) is 0 Å². The van der Waals surface area contributed by atoms with Crippen molar-refractivity contribution in [2.45, 2.75) is 51.4 Å². The lowest BCUT2D eigenvalue weighted by molar-refractivity contribution is -0.143. The summed E-state index contributed by atoms with van der Waals surface area (Å²) in [6, 6.07) is 7.92. The van der Waals surface area contributed by atoms with Gasteiger partial charge in [0.25, 0.3) is 5.91 Å². The van der Waals surface area contributed by atoms with Gasteiger partial charge in [-0.05, 0) is 74.7 Å². The Morgan fingerprint density at radius 3 is 2.49 bits per heavy atom. The van der Waals surface area contributed by atoms with Gasteiger partial charge in [-0.3, -0.25) is 28.8 Å². The van der Waals surface area contributed by atoms with E-state index in [0.717, 1.165) is 18.4 Å². The molecule has 3 amide bonds. The van der Waals surface area contributed by atoms with Crippen LogP contribution >= 0.6 is 11.6 Å². The first-order valence-corrected chi connectivity index (χ1v) is 14.4. The highest BCUT2D eigenvalue weighted by Crippen LogP contribution is 2.28. The second-order valence-corrected chi connectivity index (χ2v) is 11.5. The van der Waals surface area contributed by atoms with Gasteiger partial charge in [-0.2, -0.15) is 5.10 Å². The molecule has 0 unspecified atom stereocenters. The van der Waals surface area contributed by atoms with Crippen LogP contribution < -0.4 is 16.8 Å². The molecule has 1 aliphatic heterocycles. The molecule has 6 N–H and O–H groups in total. The highest BCUT2D eigenvalue weighted by Gasteiger charge is 2.34. The van der Waals surface area contributed by atoms with Crippen molar-refractivity contribution in [2.24, 2.45) is 11.7 Å². The zero-order valence-electron chi connectivity index (χ0n) is 23.4. The van der Waals surface area contributed by atoms with Crippen molar-refractivity contribution in [1.82, 2.24) is 24.9 Å². The first-order chi connectivity index (χ1) is 20.5. The number of nitrogens with zero attached hydrogens (tertiary/aromatic N) is 4. The number of benzene rings is 2. The third kappa shape index (κ3) is 7.05. The van der Waals surface area contributed by atoms with Gasteiger partial charge in [-0.25, -0.2) is 4.39 Å². The predicted octanol–water partition coefficient (Wildman–Crippen LogP) is 2.11. The fourth-order valence-corrected chi connectivity index (χ4v) is 5.72. The molecule has 2 aliphatic rings. The maximum atomic E-state index is 14.9. The number of fused-ring (bicyclic) bond motifs is 1. The third-order valence-electron chi connectivity index (χ3n) is 7.90. The number of carbonyl (C=O) groups excluding carboxylic acids is 3. The van der Waals surface area contributed by atoms with E-state index in [1.54, 1.807) is 24.3 Å². The number of hydrogen-bond donors (Lipinski definition) is 4. The van der Waals surface area contributed by atoms with Crippen LogP contribution in [0.5, 0.6) is 0 Å². The summed E-state index contributed by atoms with van der Waals surface area (Å²) in [7, 11) is 0. The molecule has 2 heterocycles. The molecule has 1 saturated carbocycles. The van der Waals surface area contributed by atoms with E-state index in [0.29, 0.717) is 49.1 Å². The van der Waals surface area contributed by atoms with Crippen molar-refractivity contribution in [1.29, 1.82) is 0 Å². The molecule has 1 saturated heterocycles. The Hall–Kier alpha value is -4.23. The summed E-state index contributed by atoms with van der Waals surface area (Å²) < 4.78 is 16.2. The van der Waals surface area contributed by atoms with Gasteiger partial charge >= 0.3 is 5.97 Å². The summed E-state index contributed by atoms with van der Waals surface area (Å²) in [4.78, 5) is 52.9. The average molecular weight is 614 g/mol. The molecule has 2 aromatic carbocycles. The lowest BCUT2D eigenvalue weighted by Crippen LogP contribution is -2.43. The Morgan fingerprint density at radius 2 is 1.84 bits per heavy atom. The molecule has 228 valence electrons. The quantitative estimate of drug-likeness (QED) is 0.238. The minimum Gasteiger partial charge on any atom is -0.481 e. The zero-order chi connectivity index (χ0) is 30.8. The van der Waals surface area contributed by atoms with Crippen LogP contribution in [0.4, 0.5) is 10.1 Å². The van der Waals surface area contributed by atoms with Gasteiger partial charge in [0.1, 0.15) is 12.4 Å². The van der Waals surface area contributed by atoms with Gasteiger partial charge in [0, 0.05) is 35.8 Å². The van der Waals surface area contributed by atoms with Crippen molar-refractivity contribution < 1.29 is 28.7 Å². The number of piperidine rings is 1. The summed E-state index contributed by atoms with van der Waals surface area (Å²) >= 11 is 6.16. The third-order valence-corrected chi connectivity index (χ3v) is 8.17. The number of carboxylic acids is 1. The van der Waals surface area contributed by atoms with Crippen LogP contribution in [-0.4, -0.2) is 74.1 Å². The van der Waals surface area contributed by atoms with Gasteiger partial charge in [-0.1, -0.05) is 11.6 Å². The molecule has 1 aromatic heterocycles. The van der Waals surface area contributed by atoms with E-state index in [4.69, 9.17) is 23.1 Å². The van der Waals surface area contributed by atoms with E-state index < -0.39 is 23.6 Å². The summed E-state index contributed by atoms with van der Waals surface area (Å²) in [6.07, 6.45) is 2.58. The minimum absolute atomic E-state index is 0.00141. The van der Waals surface area contributed by atoms with Crippen molar-refractivity contribution in [2.75, 3.05) is 25.4 Å². The standard InChI is InChI=1S/C29H33ClFN7O5/c30-22-10-16(13-36-7-5-17(6-8-36)29(42)43)9-18(26(22)31)12-34-24(39)14-37(20-2-3-20)25(40)15-38-23-4-1-19(32)11-21(23)27(35-38)28(33)41/h1,4,9-11,17,20H,2-3,5-8,12-15,32H2,(H2,33,41)(H,34,39)(H,42,43). The monoisotopic (exact) mass is 613 g/mol. The van der Waals surface area contributed by atoms with E-state index in [-0.39, 0.29) is 53.8 Å². The molecule has 0 spiro atoms. The number of aliphatic carboxylic acids is 1. The average Bonchev–Trinajstić information content (AvgIpc) is 3.74. The molecule has 12 nitrogen and oxygen atoms in total. The number of carbonyl (C=O) groups is 4. The predicted molar refractivity (Wildman–Crippen MR) is 156 cm³/mol. The number of anilines is 1. The number of halogens is 2. The van der Waals surface area contributed by atoms with Crippen LogP contribution in [0.25, 0.3) is 10.9 Å². The number of amides is 3. The fourth-order valence-electron chi connectivity index (χ4n) is 5.45. The fraction of sp³-hybridized carbons (Fsp3) is 0.414. The largest absolute Gasteiger partial charge is 0.481 e. The zero-order valence-corrected chi connectivity index (χ0v) is 24.1. The van der Waals surface area contributed by atoms with Gasteiger partial charge in [0.15, 0.2) is 5.69 Å². The van der Waals surface area contributed by atoms with E-state index in [1.165, 1.54) is 15.6 Å². The van der Waals surface area contributed by atoms with Crippen LogP contribution in [0.15, 0.2) is 30.3 Å². The van der Waals surface area contributed by atoms with Crippen molar-refractivity contribution in [3.8, 4) is 0 Å². The molecule has 3 aromatic rings. The lowest BCUT2D eigenvalue weighted by atomic mass is 9.96. The number of rotatable bonds is 11. The molecule has 0 bridgehead atoms. The highest BCUT2D eigenvalue weighted by molar-refractivity contribution is 6.30. The van der Waals surface area contributed by atoms with Gasteiger partial charge in [-0.15, -0.1) is 0 Å². The van der Waals surface area contributed by atoms with Crippen molar-refractivity contribution >= 4 is 51.9 Å². The van der Waals surface area contributed by atoms with Crippen molar-refractivity contribution in [3.63, 3.8) is 0 Å². The van der Waals surface area contributed by atoms with Crippen LogP contribution in [0.1, 0.15) is 47.3 Å². The molecule has 14 heteroatoms. The Labute approximate surface area is 251 Å². The molecular formula is C29H33ClFN7O5. The van der Waals surface area contributed by atoms with E-state index >= 15 is 0 Å². The first-order valence-electron chi connectivity index (χ1n) is 14.0. The number of primary amides is 1. The summed E-state index contributed by atoms with van der Waals surface area (Å²) in [5.74, 6) is -3.36. The number of hydrogen-bond acceptors (Lipinski definition) is 7. The number of carboxylic acid groups (broad SMARTS) is 1. The molecular weight excluding hydrogens is 581 g/mol. The molecule has 0 atom stereocenters. The molecule has 43 heavy (non-hydrogen) atoms. The second kappa shape index (κ2) is 12.6. The van der Waals surface area contributed by atoms with E-state index in [2.05, 4.69) is 15.3 Å². The minimum atomic E-state index is -0.790. The molecule has 0 radical (unpaired) electrons. The maximum Gasteiger partial charge on any atom is 0.306 e. The Morgan fingerprint density at radius 1 is 1.12 bits per heavy atom. The smallest absolute Gasteiger partial charge is 0.306 e. The second-order valence-electron chi connectivity index (χ2n) is 11.1. The number of aromatic nitrogens is 2. The van der Waals surface area contributed by atoms with Crippen molar-refractivity contribution in [3.05, 3.63) is 58.0 Å². The molecule has 1 aliphatic carbocycles. The van der Waals surface area contributed by atoms with Gasteiger partial charge in [0.2, 0.25) is 11.8 Å². The maximum absolute atomic E-state index is 14.9. The van der Waals surface area contributed by atoms with Crippen LogP contribution in [0.2, 0.25) is 5.02 Å². The lowest BCUT2D eigenvalue weighted by Gasteiger charge is -2.30. The summed E-state index contributed by atoms with van der Waals surface area (Å²) in [6.45, 7) is 1.12. The SMILES string of the molecule is NC(=O)c1nn(CC(=O)N(CC(=O)NCc2cc(CN3CCC(C(=O)O)CC3)cc(Cl)c2F)C2CC2)c2ccc(N)cc12. The normalized spacial score (nSPS) is 15.9. The Kier molecular flexibility index (Phi) is 8.83. The van der Waals surface area contributed by atoms with Gasteiger partial charge < -0.3 is 26.8 Å². The summed E-state index contributed by atoms with van der Waals surface area (Å²) in [5, 5.41) is 16.5. The number of nitrogens with two attached hydrogens (primary N) is 2. The van der Waals surface area contributed by atoms with Crippen LogP contribution in [0, 0.1) is 11.7 Å². The van der Waals surface area contributed by atoms with E-state index in [9.17, 15) is 28.7 Å². The van der Waals surface area contributed by atoms with Crippen LogP contribution in [-0.2, 0) is 34.0 Å². The number of nitrogen functional groups attached to an aromatic ring is 1. The number of likely N-dealkylation sites (tertiary alicyclic amines) is 1. The van der Waals surface area contributed by atoms with E-state index in [1.807, 2.05) is 0 Å². The molecule has 5 rings (SSSR count). The Balaban J connectivity index is 1.21. The summed E-state index contributed by atoms with van der Waals surface area (Å²) in [5.41, 5.74) is 13.2. The molecule has 2 fully saturated rings. The first kappa shape index (κ1) is 30.2.